The molecule has 1 heterocycles. The number of Topliss-reactive ketones (excluding diaryl/α,β-unsaturated/α-hetero) is 1. The molecule has 2 aromatic rings. The molecular weight excluding hydrogens is 296 g/mol. The van der Waals surface area contributed by atoms with Crippen LogP contribution >= 0.6 is 0 Å². The molecule has 1 aliphatic heterocycles. The normalized spacial score (nSPS) is 17.2. The summed E-state index contributed by atoms with van der Waals surface area (Å²) in [5, 5.41) is 0. The number of anilines is 2. The Morgan fingerprint density at radius 3 is 2.62 bits per heavy atom. The number of carbonyl (C=O) groups excluding carboxylic acids is 1. The average Bonchev–Trinajstić information content (AvgIpc) is 3.07. The van der Waals surface area contributed by atoms with Crippen LogP contribution in [0.15, 0.2) is 42.5 Å². The molecule has 1 aliphatic rings. The van der Waals surface area contributed by atoms with E-state index in [9.17, 15) is 4.79 Å². The Morgan fingerprint density at radius 1 is 1.21 bits per heavy atom. The number of ketones is 1. The Morgan fingerprint density at radius 2 is 1.96 bits per heavy atom. The third-order valence-electron chi connectivity index (χ3n) is 5.07. The van der Waals surface area contributed by atoms with Gasteiger partial charge in [-0.15, -0.1) is 0 Å². The Hall–Kier alpha value is -2.29. The van der Waals surface area contributed by atoms with Gasteiger partial charge in [-0.2, -0.15) is 0 Å². The van der Waals surface area contributed by atoms with Gasteiger partial charge in [0.25, 0.3) is 0 Å². The Balaban J connectivity index is 1.69. The van der Waals surface area contributed by atoms with Gasteiger partial charge in [0.05, 0.1) is 0 Å². The zero-order valence-corrected chi connectivity index (χ0v) is 14.6. The van der Waals surface area contributed by atoms with Gasteiger partial charge in [0.1, 0.15) is 0 Å². The van der Waals surface area contributed by atoms with Crippen LogP contribution in [0.2, 0.25) is 0 Å². The maximum Gasteiger partial charge on any atom is 0.167 e. The zero-order valence-electron chi connectivity index (χ0n) is 14.6. The predicted octanol–water partition coefficient (Wildman–Crippen LogP) is 4.24. The van der Waals surface area contributed by atoms with E-state index in [1.54, 1.807) is 0 Å². The van der Waals surface area contributed by atoms with E-state index in [2.05, 4.69) is 24.0 Å². The minimum atomic E-state index is 0.117. The van der Waals surface area contributed by atoms with Crippen molar-refractivity contribution in [3.05, 3.63) is 59.2 Å². The lowest BCUT2D eigenvalue weighted by atomic mass is 10.00. The van der Waals surface area contributed by atoms with Gasteiger partial charge in [-0.1, -0.05) is 31.0 Å². The maximum absolute atomic E-state index is 12.5. The summed E-state index contributed by atoms with van der Waals surface area (Å²) < 4.78 is 0. The lowest BCUT2D eigenvalue weighted by Gasteiger charge is -2.18. The number of nitrogens with zero attached hydrogens (tertiary/aromatic N) is 1. The monoisotopic (exact) mass is 322 g/mol. The van der Waals surface area contributed by atoms with E-state index in [-0.39, 0.29) is 5.78 Å². The minimum Gasteiger partial charge on any atom is -0.398 e. The van der Waals surface area contributed by atoms with Crippen LogP contribution in [0.1, 0.15) is 41.3 Å². The molecule has 0 saturated carbocycles. The highest BCUT2D eigenvalue weighted by molar-refractivity contribution is 5.98. The molecule has 0 spiro atoms. The van der Waals surface area contributed by atoms with E-state index in [0.29, 0.717) is 12.1 Å². The number of nitrogen functional groups attached to an aromatic ring is 1. The van der Waals surface area contributed by atoms with Crippen molar-refractivity contribution in [2.75, 3.05) is 23.7 Å². The van der Waals surface area contributed by atoms with Crippen LogP contribution in [-0.4, -0.2) is 18.9 Å². The van der Waals surface area contributed by atoms with Gasteiger partial charge in [-0.05, 0) is 55.2 Å². The molecule has 0 radical (unpaired) electrons. The number of carbonyl (C=O) groups is 1. The van der Waals surface area contributed by atoms with Crippen LogP contribution in [0.5, 0.6) is 0 Å². The highest BCUT2D eigenvalue weighted by Gasteiger charge is 2.21. The minimum absolute atomic E-state index is 0.117. The lowest BCUT2D eigenvalue weighted by molar-refractivity contribution is 0.0993. The molecule has 2 N–H and O–H groups in total. The second kappa shape index (κ2) is 7.08. The van der Waals surface area contributed by atoms with Crippen LogP contribution in [0.3, 0.4) is 0 Å². The first kappa shape index (κ1) is 16.6. The number of benzene rings is 2. The molecule has 3 heteroatoms. The summed E-state index contributed by atoms with van der Waals surface area (Å²) in [4.78, 5) is 15.0. The summed E-state index contributed by atoms with van der Waals surface area (Å²) in [5.74, 6) is 0.919. The summed E-state index contributed by atoms with van der Waals surface area (Å²) in [7, 11) is 0. The third kappa shape index (κ3) is 3.61. The number of nitrogens with two attached hydrogens (primary N) is 1. The van der Waals surface area contributed by atoms with Crippen LogP contribution in [0.25, 0.3) is 0 Å². The van der Waals surface area contributed by atoms with Gasteiger partial charge in [-0.3, -0.25) is 4.79 Å². The van der Waals surface area contributed by atoms with Crippen molar-refractivity contribution in [1.82, 2.24) is 0 Å². The standard InChI is InChI=1S/C21H26N2O/c1-3-16-10-11-23(14-16)19-7-5-17(6-8-19)21(24)13-18-12-15(2)4-9-20(18)22/h4-9,12,16H,3,10-11,13-14,22H2,1-2H3/t16-/m0/s1. The van der Waals surface area contributed by atoms with E-state index in [0.717, 1.165) is 35.7 Å². The molecular formula is C21H26N2O. The molecule has 1 atom stereocenters. The van der Waals surface area contributed by atoms with Crippen molar-refractivity contribution in [2.45, 2.75) is 33.1 Å². The first-order chi connectivity index (χ1) is 11.6. The van der Waals surface area contributed by atoms with Gasteiger partial charge >= 0.3 is 0 Å². The third-order valence-corrected chi connectivity index (χ3v) is 5.07. The molecule has 2 aromatic carbocycles. The van der Waals surface area contributed by atoms with Crippen molar-refractivity contribution in [1.29, 1.82) is 0 Å². The molecule has 0 bridgehead atoms. The Kier molecular flexibility index (Phi) is 4.89. The first-order valence-corrected chi connectivity index (χ1v) is 8.80. The number of rotatable bonds is 5. The summed E-state index contributed by atoms with van der Waals surface area (Å²) in [6.07, 6.45) is 2.86. The molecule has 24 heavy (non-hydrogen) atoms. The number of hydrogen-bond donors (Lipinski definition) is 1. The van der Waals surface area contributed by atoms with E-state index < -0.39 is 0 Å². The van der Waals surface area contributed by atoms with Crippen molar-refractivity contribution in [3.63, 3.8) is 0 Å². The van der Waals surface area contributed by atoms with E-state index in [4.69, 9.17) is 5.73 Å². The van der Waals surface area contributed by atoms with Gasteiger partial charge < -0.3 is 10.6 Å². The lowest BCUT2D eigenvalue weighted by Crippen LogP contribution is -2.19. The molecule has 3 nitrogen and oxygen atoms in total. The summed E-state index contributed by atoms with van der Waals surface area (Å²) in [6, 6.07) is 13.9. The largest absolute Gasteiger partial charge is 0.398 e. The topological polar surface area (TPSA) is 46.3 Å². The quantitative estimate of drug-likeness (QED) is 0.661. The Bertz CT molecular complexity index is 721. The van der Waals surface area contributed by atoms with Crippen molar-refractivity contribution >= 4 is 17.2 Å². The smallest absolute Gasteiger partial charge is 0.167 e. The first-order valence-electron chi connectivity index (χ1n) is 8.80. The fraction of sp³-hybridized carbons (Fsp3) is 0.381. The van der Waals surface area contributed by atoms with Crippen LogP contribution in [-0.2, 0) is 6.42 Å². The van der Waals surface area contributed by atoms with E-state index in [1.807, 2.05) is 37.3 Å². The van der Waals surface area contributed by atoms with Crippen molar-refractivity contribution in [2.24, 2.45) is 5.92 Å². The maximum atomic E-state index is 12.5. The highest BCUT2D eigenvalue weighted by atomic mass is 16.1. The molecule has 1 fully saturated rings. The fourth-order valence-corrected chi connectivity index (χ4v) is 3.42. The van der Waals surface area contributed by atoms with Gasteiger partial charge in [-0.25, -0.2) is 0 Å². The second-order valence-electron chi connectivity index (χ2n) is 6.86. The molecule has 0 aromatic heterocycles. The van der Waals surface area contributed by atoms with Gasteiger partial charge in [0, 0.05) is 36.4 Å². The van der Waals surface area contributed by atoms with Gasteiger partial charge in [0.15, 0.2) is 5.78 Å². The summed E-state index contributed by atoms with van der Waals surface area (Å²) >= 11 is 0. The summed E-state index contributed by atoms with van der Waals surface area (Å²) in [5.41, 5.74) is 10.7. The number of aryl methyl sites for hydroxylation is 1. The van der Waals surface area contributed by atoms with E-state index in [1.165, 1.54) is 18.5 Å². The average molecular weight is 322 g/mol. The van der Waals surface area contributed by atoms with Gasteiger partial charge in [0.2, 0.25) is 0 Å². The SMILES string of the molecule is CC[C@H]1CCN(c2ccc(C(=O)Cc3cc(C)ccc3N)cc2)C1. The molecule has 0 amide bonds. The fourth-order valence-electron chi connectivity index (χ4n) is 3.42. The molecule has 126 valence electrons. The molecule has 1 saturated heterocycles. The number of hydrogen-bond acceptors (Lipinski definition) is 3. The van der Waals surface area contributed by atoms with Crippen LogP contribution in [0, 0.1) is 12.8 Å². The summed E-state index contributed by atoms with van der Waals surface area (Å²) in [6.45, 7) is 6.52. The van der Waals surface area contributed by atoms with Crippen molar-refractivity contribution < 1.29 is 4.79 Å². The van der Waals surface area contributed by atoms with Crippen LogP contribution in [0.4, 0.5) is 11.4 Å². The molecule has 3 rings (SSSR count). The second-order valence-corrected chi connectivity index (χ2v) is 6.86. The molecule has 0 aliphatic carbocycles. The highest BCUT2D eigenvalue weighted by Crippen LogP contribution is 2.26. The van der Waals surface area contributed by atoms with Crippen LogP contribution < -0.4 is 10.6 Å². The Labute approximate surface area is 144 Å². The van der Waals surface area contributed by atoms with Crippen molar-refractivity contribution in [3.8, 4) is 0 Å². The predicted molar refractivity (Wildman–Crippen MR) is 101 cm³/mol. The molecule has 0 unspecified atom stereocenters. The van der Waals surface area contributed by atoms with E-state index >= 15 is 0 Å². The zero-order chi connectivity index (χ0) is 17.1.